The molecule has 4 aromatic rings. The number of para-hydroxylation sites is 1. The number of thioether (sulfide) groups is 1. The summed E-state index contributed by atoms with van der Waals surface area (Å²) in [5.74, 6) is 1.54. The average molecular weight is 472 g/mol. The van der Waals surface area contributed by atoms with Gasteiger partial charge in [0.1, 0.15) is 5.75 Å². The average Bonchev–Trinajstić information content (AvgIpc) is 3.49. The number of aromatic nitrogens is 4. The molecule has 8 heteroatoms. The minimum atomic E-state index is -0.335. The van der Waals surface area contributed by atoms with Crippen molar-refractivity contribution in [3.8, 4) is 22.8 Å². The number of pyridine rings is 1. The molecule has 0 N–H and O–H groups in total. The second-order valence-corrected chi connectivity index (χ2v) is 9.25. The molecule has 0 saturated carbocycles. The third-order valence-electron chi connectivity index (χ3n) is 5.74. The third-order valence-corrected chi connectivity index (χ3v) is 6.77. The number of benzene rings is 2. The van der Waals surface area contributed by atoms with E-state index < -0.39 is 0 Å². The van der Waals surface area contributed by atoms with Gasteiger partial charge in [-0.2, -0.15) is 0 Å². The monoisotopic (exact) mass is 471 g/mol. The topological polar surface area (TPSA) is 73.1 Å². The number of carbonyl (C=O) groups excluding carboxylic acids is 1. The van der Waals surface area contributed by atoms with Crippen LogP contribution < -0.4 is 9.64 Å². The van der Waals surface area contributed by atoms with Gasteiger partial charge in [0.25, 0.3) is 0 Å². The molecule has 3 heterocycles. The largest absolute Gasteiger partial charge is 0.494 e. The van der Waals surface area contributed by atoms with Crippen LogP contribution >= 0.6 is 11.8 Å². The molecule has 2 aromatic heterocycles. The van der Waals surface area contributed by atoms with Crippen molar-refractivity contribution >= 4 is 23.4 Å². The molecule has 172 valence electrons. The van der Waals surface area contributed by atoms with Crippen LogP contribution in [0.3, 0.4) is 0 Å². The molecule has 1 atom stereocenters. The zero-order chi connectivity index (χ0) is 23.5. The predicted molar refractivity (Wildman–Crippen MR) is 134 cm³/mol. The molecule has 7 nitrogen and oxygen atoms in total. The van der Waals surface area contributed by atoms with E-state index >= 15 is 0 Å². The summed E-state index contributed by atoms with van der Waals surface area (Å²) in [6, 6.07) is 19.7. The number of ether oxygens (including phenoxy) is 1. The summed E-state index contributed by atoms with van der Waals surface area (Å²) in [4.78, 5) is 19.5. The Bertz CT molecular complexity index is 1290. The molecule has 0 aliphatic carbocycles. The van der Waals surface area contributed by atoms with Gasteiger partial charge in [-0.1, -0.05) is 30.0 Å². The fraction of sp³-hybridized carbons (Fsp3) is 0.231. The first-order chi connectivity index (χ1) is 16.7. The highest BCUT2D eigenvalue weighted by molar-refractivity contribution is 8.00. The van der Waals surface area contributed by atoms with Gasteiger partial charge in [0, 0.05) is 35.9 Å². The highest BCUT2D eigenvalue weighted by Gasteiger charge is 2.30. The number of carbonyl (C=O) groups is 1. The Hall–Kier alpha value is -3.65. The standard InChI is InChI=1S/C26H25N5O2S/c1-3-33-22-12-10-21(11-13-22)31-24(20-8-6-15-27-17-20)28-29-26(31)34-18(2)25(32)30-16-14-19-7-4-5-9-23(19)30/h4-13,15,17-18H,3,14,16H2,1-2H3. The molecule has 1 unspecified atom stereocenters. The number of hydrogen-bond donors (Lipinski definition) is 0. The maximum atomic E-state index is 13.4. The molecule has 1 amide bonds. The van der Waals surface area contributed by atoms with Gasteiger partial charge >= 0.3 is 0 Å². The van der Waals surface area contributed by atoms with E-state index in [0.29, 0.717) is 24.1 Å². The normalized spacial score (nSPS) is 13.5. The molecular weight excluding hydrogens is 446 g/mol. The summed E-state index contributed by atoms with van der Waals surface area (Å²) in [5.41, 5.74) is 3.96. The fourth-order valence-electron chi connectivity index (χ4n) is 4.11. The summed E-state index contributed by atoms with van der Waals surface area (Å²) in [5, 5.41) is 9.25. The highest BCUT2D eigenvalue weighted by atomic mass is 32.2. The zero-order valence-electron chi connectivity index (χ0n) is 19.1. The number of nitrogens with zero attached hydrogens (tertiary/aromatic N) is 5. The summed E-state index contributed by atoms with van der Waals surface area (Å²) < 4.78 is 7.57. The Morgan fingerprint density at radius 3 is 2.68 bits per heavy atom. The minimum Gasteiger partial charge on any atom is -0.494 e. The second-order valence-electron chi connectivity index (χ2n) is 7.94. The van der Waals surface area contributed by atoms with Crippen LogP contribution in [0, 0.1) is 0 Å². The first-order valence-electron chi connectivity index (χ1n) is 11.3. The minimum absolute atomic E-state index is 0.0686. The van der Waals surface area contributed by atoms with Crippen molar-refractivity contribution in [2.75, 3.05) is 18.1 Å². The van der Waals surface area contributed by atoms with E-state index in [0.717, 1.165) is 29.1 Å². The van der Waals surface area contributed by atoms with Crippen LogP contribution in [0.4, 0.5) is 5.69 Å². The smallest absolute Gasteiger partial charge is 0.240 e. The lowest BCUT2D eigenvalue weighted by atomic mass is 10.2. The molecule has 0 radical (unpaired) electrons. The number of rotatable bonds is 7. The van der Waals surface area contributed by atoms with E-state index in [1.165, 1.54) is 17.3 Å². The molecular formula is C26H25N5O2S. The van der Waals surface area contributed by atoms with E-state index in [1.807, 2.05) is 77.9 Å². The van der Waals surface area contributed by atoms with Crippen molar-refractivity contribution in [3.63, 3.8) is 0 Å². The van der Waals surface area contributed by atoms with Gasteiger partial charge in [-0.05, 0) is 68.3 Å². The van der Waals surface area contributed by atoms with Crippen molar-refractivity contribution in [2.45, 2.75) is 30.7 Å². The lowest BCUT2D eigenvalue weighted by Crippen LogP contribution is -2.35. The highest BCUT2D eigenvalue weighted by Crippen LogP contribution is 2.34. The lowest BCUT2D eigenvalue weighted by Gasteiger charge is -2.21. The molecule has 1 aliphatic heterocycles. The summed E-state index contributed by atoms with van der Waals surface area (Å²) in [6.07, 6.45) is 4.37. The van der Waals surface area contributed by atoms with E-state index in [1.54, 1.807) is 12.4 Å². The summed E-state index contributed by atoms with van der Waals surface area (Å²) >= 11 is 1.41. The fourth-order valence-corrected chi connectivity index (χ4v) is 5.04. The van der Waals surface area contributed by atoms with Crippen molar-refractivity contribution in [3.05, 3.63) is 78.6 Å². The number of amides is 1. The molecule has 2 aromatic carbocycles. The van der Waals surface area contributed by atoms with Crippen LogP contribution in [0.5, 0.6) is 5.75 Å². The number of hydrogen-bond acceptors (Lipinski definition) is 6. The molecule has 0 spiro atoms. The second kappa shape index (κ2) is 9.69. The number of fused-ring (bicyclic) bond motifs is 1. The van der Waals surface area contributed by atoms with Crippen molar-refractivity contribution in [2.24, 2.45) is 0 Å². The van der Waals surface area contributed by atoms with Crippen LogP contribution in [0.1, 0.15) is 19.4 Å². The Balaban J connectivity index is 1.47. The Morgan fingerprint density at radius 1 is 1.09 bits per heavy atom. The SMILES string of the molecule is CCOc1ccc(-n2c(SC(C)C(=O)N3CCc4ccccc43)nnc2-c2cccnc2)cc1. The zero-order valence-corrected chi connectivity index (χ0v) is 19.9. The molecule has 0 bridgehead atoms. The van der Waals surface area contributed by atoms with Crippen molar-refractivity contribution < 1.29 is 9.53 Å². The molecule has 0 fully saturated rings. The van der Waals surface area contributed by atoms with E-state index in [4.69, 9.17) is 4.74 Å². The van der Waals surface area contributed by atoms with Crippen LogP contribution in [0.2, 0.25) is 0 Å². The maximum absolute atomic E-state index is 13.4. The maximum Gasteiger partial charge on any atom is 0.240 e. The van der Waals surface area contributed by atoms with Gasteiger partial charge in [-0.3, -0.25) is 14.3 Å². The van der Waals surface area contributed by atoms with Gasteiger partial charge in [-0.15, -0.1) is 10.2 Å². The van der Waals surface area contributed by atoms with Crippen molar-refractivity contribution in [1.82, 2.24) is 19.7 Å². The number of anilines is 1. The van der Waals surface area contributed by atoms with Crippen LogP contribution in [0.15, 0.2) is 78.2 Å². The molecule has 5 rings (SSSR count). The third kappa shape index (κ3) is 4.28. The van der Waals surface area contributed by atoms with E-state index in [9.17, 15) is 4.79 Å². The van der Waals surface area contributed by atoms with Crippen molar-refractivity contribution in [1.29, 1.82) is 0 Å². The lowest BCUT2D eigenvalue weighted by molar-refractivity contribution is -0.117. The first-order valence-corrected chi connectivity index (χ1v) is 12.2. The van der Waals surface area contributed by atoms with Crippen LogP contribution in [0.25, 0.3) is 17.1 Å². The van der Waals surface area contributed by atoms with Gasteiger partial charge in [-0.25, -0.2) is 0 Å². The van der Waals surface area contributed by atoms with E-state index in [-0.39, 0.29) is 11.2 Å². The Labute approximate surface area is 202 Å². The quantitative estimate of drug-likeness (QED) is 0.361. The summed E-state index contributed by atoms with van der Waals surface area (Å²) in [7, 11) is 0. The Morgan fingerprint density at radius 2 is 1.91 bits per heavy atom. The van der Waals surface area contributed by atoms with Crippen LogP contribution in [-0.4, -0.2) is 44.1 Å². The van der Waals surface area contributed by atoms with Gasteiger partial charge < -0.3 is 9.64 Å². The molecule has 34 heavy (non-hydrogen) atoms. The Kier molecular flexibility index (Phi) is 6.31. The molecule has 0 saturated heterocycles. The van der Waals surface area contributed by atoms with Gasteiger partial charge in [0.2, 0.25) is 5.91 Å². The summed E-state index contributed by atoms with van der Waals surface area (Å²) in [6.45, 7) is 5.19. The van der Waals surface area contributed by atoms with Crippen LogP contribution in [-0.2, 0) is 11.2 Å². The van der Waals surface area contributed by atoms with Gasteiger partial charge in [0.05, 0.1) is 11.9 Å². The molecule has 1 aliphatic rings. The van der Waals surface area contributed by atoms with Gasteiger partial charge in [0.15, 0.2) is 11.0 Å². The predicted octanol–water partition coefficient (Wildman–Crippen LogP) is 4.80. The van der Waals surface area contributed by atoms with E-state index in [2.05, 4.69) is 21.2 Å². The first kappa shape index (κ1) is 22.2.